The molecule has 1 saturated heterocycles. The van der Waals surface area contributed by atoms with Gasteiger partial charge in [0, 0.05) is 11.3 Å². The number of hydrogen-bond donors (Lipinski definition) is 0. The summed E-state index contributed by atoms with van der Waals surface area (Å²) in [5, 5.41) is 0. The first-order chi connectivity index (χ1) is 7.46. The van der Waals surface area contributed by atoms with Crippen molar-refractivity contribution in [2.24, 2.45) is 17.3 Å². The van der Waals surface area contributed by atoms with E-state index in [-0.39, 0.29) is 5.41 Å². The summed E-state index contributed by atoms with van der Waals surface area (Å²) in [6.07, 6.45) is 5.84. The van der Waals surface area contributed by atoms with E-state index < -0.39 is 11.8 Å². The molecule has 1 aliphatic carbocycles. The van der Waals surface area contributed by atoms with E-state index in [1.54, 1.807) is 19.9 Å². The van der Waals surface area contributed by atoms with Gasteiger partial charge in [-0.05, 0) is 31.3 Å². The average molecular weight is 230 g/mol. The molecule has 2 aliphatic rings. The predicted molar refractivity (Wildman–Crippen MR) is 59.5 cm³/mol. The molecule has 0 aromatic rings. The van der Waals surface area contributed by atoms with E-state index in [0.717, 1.165) is 32.1 Å². The van der Waals surface area contributed by atoms with Crippen molar-refractivity contribution in [1.82, 2.24) is 0 Å². The number of allylic oxidation sites excluding steroid dienone is 2. The van der Waals surface area contributed by atoms with Crippen LogP contribution in [-0.4, -0.2) is 19.1 Å². The molecule has 1 heterocycles. The number of rotatable bonds is 4. The second-order valence-corrected chi connectivity index (χ2v) is 5.55. The van der Waals surface area contributed by atoms with Gasteiger partial charge in [0.1, 0.15) is 0 Å². The highest BCUT2D eigenvalue weighted by molar-refractivity contribution is 5.06. The van der Waals surface area contributed by atoms with Gasteiger partial charge < -0.3 is 4.74 Å². The number of halogens is 2. The molecule has 1 nitrogen and oxygen atoms in total. The number of fused-ring (bicyclic) bond motifs is 1. The normalized spacial score (nSPS) is 34.4. The number of ether oxygens (including phenoxy) is 1. The molecule has 2 atom stereocenters. The Labute approximate surface area is 95.9 Å². The molecular formula is C13H20F2O. The SMILES string of the molecule is CC(C)C(F)(F)/C=C/CC12CCC1COC2. The fourth-order valence-electron chi connectivity index (χ4n) is 2.58. The standard InChI is InChI=1S/C13H20F2O/c1-10(2)13(14,15)6-3-5-12-7-4-11(12)8-16-9-12/h3,6,10-11H,4-5,7-9H2,1-2H3/b6-3+. The van der Waals surface area contributed by atoms with Crippen LogP contribution in [0.15, 0.2) is 12.2 Å². The van der Waals surface area contributed by atoms with E-state index >= 15 is 0 Å². The highest BCUT2D eigenvalue weighted by Crippen LogP contribution is 2.53. The zero-order valence-corrected chi connectivity index (χ0v) is 10.0. The van der Waals surface area contributed by atoms with E-state index in [0.29, 0.717) is 5.92 Å². The number of hydrogen-bond acceptors (Lipinski definition) is 1. The van der Waals surface area contributed by atoms with Crippen LogP contribution in [-0.2, 0) is 4.74 Å². The lowest BCUT2D eigenvalue weighted by Gasteiger charge is -2.42. The Kier molecular flexibility index (Phi) is 3.08. The zero-order valence-electron chi connectivity index (χ0n) is 10.0. The van der Waals surface area contributed by atoms with Crippen LogP contribution in [0.1, 0.15) is 33.1 Å². The van der Waals surface area contributed by atoms with E-state index in [4.69, 9.17) is 4.74 Å². The molecule has 2 fully saturated rings. The molecule has 2 rings (SSSR count). The third kappa shape index (κ3) is 2.02. The van der Waals surface area contributed by atoms with Gasteiger partial charge in [0.2, 0.25) is 0 Å². The summed E-state index contributed by atoms with van der Waals surface area (Å²) in [5.74, 6) is -2.68. The quantitative estimate of drug-likeness (QED) is 0.670. The fraction of sp³-hybridized carbons (Fsp3) is 0.846. The third-order valence-electron chi connectivity index (χ3n) is 4.20. The van der Waals surface area contributed by atoms with E-state index in [1.165, 1.54) is 6.42 Å². The largest absolute Gasteiger partial charge is 0.381 e. The molecule has 0 aromatic carbocycles. The highest BCUT2D eigenvalue weighted by atomic mass is 19.3. The second kappa shape index (κ2) is 4.10. The third-order valence-corrected chi connectivity index (χ3v) is 4.20. The summed E-state index contributed by atoms with van der Waals surface area (Å²) < 4.78 is 32.1. The lowest BCUT2D eigenvalue weighted by atomic mass is 9.60. The van der Waals surface area contributed by atoms with Gasteiger partial charge in [-0.25, -0.2) is 8.78 Å². The van der Waals surface area contributed by atoms with Crippen LogP contribution in [0.2, 0.25) is 0 Å². The van der Waals surface area contributed by atoms with Gasteiger partial charge in [-0.3, -0.25) is 0 Å². The van der Waals surface area contributed by atoms with Gasteiger partial charge in [-0.15, -0.1) is 0 Å². The van der Waals surface area contributed by atoms with Gasteiger partial charge in [0.15, 0.2) is 0 Å². The van der Waals surface area contributed by atoms with E-state index in [2.05, 4.69) is 0 Å². The van der Waals surface area contributed by atoms with Crippen molar-refractivity contribution in [3.8, 4) is 0 Å². The molecular weight excluding hydrogens is 210 g/mol. The summed E-state index contributed by atoms with van der Waals surface area (Å²) in [4.78, 5) is 0. The van der Waals surface area contributed by atoms with Gasteiger partial charge in [0.05, 0.1) is 13.2 Å². The fourth-order valence-corrected chi connectivity index (χ4v) is 2.58. The first-order valence-electron chi connectivity index (χ1n) is 6.09. The van der Waals surface area contributed by atoms with Crippen molar-refractivity contribution in [3.05, 3.63) is 12.2 Å². The van der Waals surface area contributed by atoms with Crippen molar-refractivity contribution in [2.75, 3.05) is 13.2 Å². The zero-order chi connectivity index (χ0) is 11.8. The van der Waals surface area contributed by atoms with Crippen molar-refractivity contribution < 1.29 is 13.5 Å². The van der Waals surface area contributed by atoms with Gasteiger partial charge in [-0.1, -0.05) is 19.9 Å². The summed E-state index contributed by atoms with van der Waals surface area (Å²) in [6.45, 7) is 4.69. The van der Waals surface area contributed by atoms with Crippen molar-refractivity contribution in [2.45, 2.75) is 39.0 Å². The molecule has 1 saturated carbocycles. The Morgan fingerprint density at radius 3 is 2.75 bits per heavy atom. The van der Waals surface area contributed by atoms with Crippen molar-refractivity contribution >= 4 is 0 Å². The minimum Gasteiger partial charge on any atom is -0.381 e. The monoisotopic (exact) mass is 230 g/mol. The number of alkyl halides is 2. The van der Waals surface area contributed by atoms with Crippen LogP contribution in [0, 0.1) is 17.3 Å². The van der Waals surface area contributed by atoms with Gasteiger partial charge in [0.25, 0.3) is 5.92 Å². The topological polar surface area (TPSA) is 9.23 Å². The smallest absolute Gasteiger partial charge is 0.268 e. The Morgan fingerprint density at radius 2 is 2.25 bits per heavy atom. The maximum absolute atomic E-state index is 13.3. The van der Waals surface area contributed by atoms with E-state index in [9.17, 15) is 8.78 Å². The molecule has 0 radical (unpaired) electrons. The maximum atomic E-state index is 13.3. The molecule has 0 amide bonds. The molecule has 92 valence electrons. The van der Waals surface area contributed by atoms with Gasteiger partial charge in [-0.2, -0.15) is 0 Å². The van der Waals surface area contributed by atoms with Crippen LogP contribution in [0.25, 0.3) is 0 Å². The molecule has 1 aliphatic heterocycles. The maximum Gasteiger partial charge on any atom is 0.268 e. The minimum absolute atomic E-state index is 0.198. The molecule has 0 N–H and O–H groups in total. The minimum atomic E-state index is -2.67. The van der Waals surface area contributed by atoms with Gasteiger partial charge >= 0.3 is 0 Å². The lowest BCUT2D eigenvalue weighted by molar-refractivity contribution is 0.00511. The highest BCUT2D eigenvalue weighted by Gasteiger charge is 2.49. The Bertz CT molecular complexity index is 286. The lowest BCUT2D eigenvalue weighted by Crippen LogP contribution is -2.38. The van der Waals surface area contributed by atoms with Crippen LogP contribution in [0.4, 0.5) is 8.78 Å². The van der Waals surface area contributed by atoms with E-state index in [1.807, 2.05) is 0 Å². The second-order valence-electron chi connectivity index (χ2n) is 5.55. The molecule has 0 aromatic heterocycles. The van der Waals surface area contributed by atoms with Crippen molar-refractivity contribution in [1.29, 1.82) is 0 Å². The predicted octanol–water partition coefficient (Wildman–Crippen LogP) is 3.65. The van der Waals surface area contributed by atoms with Crippen molar-refractivity contribution in [3.63, 3.8) is 0 Å². The Hall–Kier alpha value is -0.440. The molecule has 0 bridgehead atoms. The molecule has 16 heavy (non-hydrogen) atoms. The van der Waals surface area contributed by atoms with Crippen LogP contribution < -0.4 is 0 Å². The van der Waals surface area contributed by atoms with Crippen LogP contribution in [0.3, 0.4) is 0 Å². The molecule has 3 heteroatoms. The molecule has 2 unspecified atom stereocenters. The molecule has 0 spiro atoms. The summed E-state index contributed by atoms with van der Waals surface area (Å²) in [5.41, 5.74) is 0.198. The Balaban J connectivity index is 1.90. The first kappa shape index (κ1) is 12.0. The summed E-state index contributed by atoms with van der Waals surface area (Å²) >= 11 is 0. The summed E-state index contributed by atoms with van der Waals surface area (Å²) in [7, 11) is 0. The Morgan fingerprint density at radius 1 is 1.50 bits per heavy atom. The summed E-state index contributed by atoms with van der Waals surface area (Å²) in [6, 6.07) is 0. The van der Waals surface area contributed by atoms with Crippen LogP contribution in [0.5, 0.6) is 0 Å². The average Bonchev–Trinajstić information content (AvgIpc) is 2.44. The van der Waals surface area contributed by atoms with Crippen LogP contribution >= 0.6 is 0 Å². The first-order valence-corrected chi connectivity index (χ1v) is 6.09.